The maximum absolute atomic E-state index is 11.8. The summed E-state index contributed by atoms with van der Waals surface area (Å²) < 4.78 is 26.0. The van der Waals surface area contributed by atoms with Crippen molar-refractivity contribution in [2.45, 2.75) is 108 Å². The number of aliphatic hydroxyl groups excluding tert-OH is 1. The van der Waals surface area contributed by atoms with E-state index >= 15 is 0 Å². The van der Waals surface area contributed by atoms with Crippen molar-refractivity contribution in [3.05, 3.63) is 60.7 Å². The fraction of sp³-hybridized carbons (Fsp3) is 0.562. The van der Waals surface area contributed by atoms with E-state index in [4.69, 9.17) is 18.6 Å². The molecule has 212 valence electrons. The quantitative estimate of drug-likeness (QED) is 0.351. The van der Waals surface area contributed by atoms with E-state index in [0.29, 0.717) is 0 Å². The molecule has 2 saturated heterocycles. The molecule has 0 bridgehead atoms. The van der Waals surface area contributed by atoms with Gasteiger partial charge in [-0.3, -0.25) is 0 Å². The van der Waals surface area contributed by atoms with Crippen LogP contribution in [0.25, 0.3) is 0 Å². The van der Waals surface area contributed by atoms with Gasteiger partial charge < -0.3 is 23.7 Å². The van der Waals surface area contributed by atoms with Crippen LogP contribution in [0.1, 0.15) is 55.4 Å². The molecule has 2 aliphatic heterocycles. The first-order valence-electron chi connectivity index (χ1n) is 14.4. The maximum Gasteiger partial charge on any atom is 0.261 e. The molecule has 4 rings (SSSR count). The van der Waals surface area contributed by atoms with Crippen LogP contribution >= 0.6 is 0 Å². The highest BCUT2D eigenvalue weighted by atomic mass is 28.4. The zero-order chi connectivity index (χ0) is 28.5. The van der Waals surface area contributed by atoms with Gasteiger partial charge in [-0.1, -0.05) is 108 Å². The van der Waals surface area contributed by atoms with Crippen molar-refractivity contribution in [1.29, 1.82) is 0 Å². The largest absolute Gasteiger partial charge is 0.403 e. The third-order valence-corrected chi connectivity index (χ3v) is 18.4. The van der Waals surface area contributed by atoms with Gasteiger partial charge in [-0.25, -0.2) is 0 Å². The zero-order valence-electron chi connectivity index (χ0n) is 24.9. The van der Waals surface area contributed by atoms with Crippen molar-refractivity contribution in [2.24, 2.45) is 0 Å². The molecule has 0 amide bonds. The Hall–Kier alpha value is -1.77. The monoisotopic (exact) mass is 566 g/mol. The van der Waals surface area contributed by atoms with Gasteiger partial charge in [-0.15, -0.1) is 5.54 Å². The van der Waals surface area contributed by atoms with Crippen LogP contribution < -0.4 is 10.4 Å². The van der Waals surface area contributed by atoms with Gasteiger partial charge in [-0.2, -0.15) is 0 Å². The lowest BCUT2D eigenvalue weighted by Crippen LogP contribution is -2.68. The minimum absolute atomic E-state index is 0.121. The minimum atomic E-state index is -2.89. The molecular formula is C32H46O5Si2. The van der Waals surface area contributed by atoms with E-state index in [1.807, 2.05) is 26.0 Å². The summed E-state index contributed by atoms with van der Waals surface area (Å²) in [4.78, 5) is 0. The van der Waals surface area contributed by atoms with Crippen molar-refractivity contribution < 1.29 is 23.7 Å². The van der Waals surface area contributed by atoms with Crippen LogP contribution in [0.4, 0.5) is 0 Å². The lowest BCUT2D eigenvalue weighted by Gasteiger charge is -2.44. The second-order valence-electron chi connectivity index (χ2n) is 12.5. The molecule has 2 aliphatic rings. The first-order valence-corrected chi connectivity index (χ1v) is 18.9. The molecular weight excluding hydrogens is 521 g/mol. The summed E-state index contributed by atoms with van der Waals surface area (Å²) in [6.45, 7) is 17.2. The number of fused-ring (bicyclic) bond motifs is 1. The highest BCUT2D eigenvalue weighted by Gasteiger charge is 2.63. The van der Waals surface area contributed by atoms with Gasteiger partial charge in [0.1, 0.15) is 20.3 Å². The summed E-state index contributed by atoms with van der Waals surface area (Å²) in [5, 5.41) is 13.9. The van der Waals surface area contributed by atoms with E-state index in [2.05, 4.69) is 102 Å². The third-order valence-electron chi connectivity index (χ3n) is 8.69. The first kappa shape index (κ1) is 30.2. The molecule has 0 saturated carbocycles. The standard InChI is InChI=1S/C32H46O5Si2/c1-9-38(10-2,11-3)23-22-32(28(33)27-29(37-32)36-31(7,8)35-27)24-34-39(30(4,5)6,25-18-14-12-15-19-25)26-20-16-13-17-21-26/h12-21,27-29,33H,9-11,24H2,1-8H3/t27?,28-,29+,32+/m0/s1. The van der Waals surface area contributed by atoms with Gasteiger partial charge in [0.15, 0.2) is 17.7 Å². The zero-order valence-corrected chi connectivity index (χ0v) is 26.9. The van der Waals surface area contributed by atoms with Crippen molar-refractivity contribution >= 4 is 26.8 Å². The van der Waals surface area contributed by atoms with Gasteiger partial charge >= 0.3 is 0 Å². The second-order valence-corrected chi connectivity index (χ2v) is 21.7. The number of hydrogen-bond acceptors (Lipinski definition) is 5. The third kappa shape index (κ3) is 5.58. The van der Waals surface area contributed by atoms with Crippen LogP contribution in [0.15, 0.2) is 60.7 Å². The normalized spacial score (nSPS) is 26.6. The van der Waals surface area contributed by atoms with E-state index in [9.17, 15) is 5.11 Å². The van der Waals surface area contributed by atoms with Crippen LogP contribution in [-0.4, -0.2) is 58.0 Å². The highest BCUT2D eigenvalue weighted by Crippen LogP contribution is 2.44. The second kappa shape index (κ2) is 11.2. The average molecular weight is 567 g/mol. The minimum Gasteiger partial charge on any atom is -0.403 e. The molecule has 0 aromatic heterocycles. The smallest absolute Gasteiger partial charge is 0.261 e. The molecule has 2 heterocycles. The lowest BCUT2D eigenvalue weighted by molar-refractivity contribution is -0.231. The van der Waals surface area contributed by atoms with Crippen molar-refractivity contribution in [3.8, 4) is 11.5 Å². The van der Waals surface area contributed by atoms with Crippen LogP contribution in [0.2, 0.25) is 23.2 Å². The molecule has 5 nitrogen and oxygen atoms in total. The van der Waals surface area contributed by atoms with Crippen LogP contribution in [0.5, 0.6) is 0 Å². The van der Waals surface area contributed by atoms with Gasteiger partial charge in [-0.05, 0) is 47.4 Å². The fourth-order valence-electron chi connectivity index (χ4n) is 6.09. The van der Waals surface area contributed by atoms with Crippen LogP contribution in [0.3, 0.4) is 0 Å². The summed E-state index contributed by atoms with van der Waals surface area (Å²) in [5.41, 5.74) is 2.43. The van der Waals surface area contributed by atoms with Crippen molar-refractivity contribution in [2.75, 3.05) is 6.61 Å². The molecule has 0 radical (unpaired) electrons. The molecule has 2 aromatic rings. The number of aliphatic hydroxyl groups is 1. The fourth-order valence-corrected chi connectivity index (χ4v) is 13.2. The van der Waals surface area contributed by atoms with E-state index in [0.717, 1.165) is 18.1 Å². The Morgan fingerprint density at radius 3 is 1.79 bits per heavy atom. The molecule has 1 unspecified atom stereocenters. The Morgan fingerprint density at radius 2 is 1.36 bits per heavy atom. The van der Waals surface area contributed by atoms with E-state index in [1.165, 1.54) is 10.4 Å². The van der Waals surface area contributed by atoms with Crippen LogP contribution in [-0.2, 0) is 18.6 Å². The SMILES string of the molecule is CC[Si](C#C[C@]1(CO[Si](c2ccccc2)(c2ccccc2)C(C)(C)C)O[C@H]2OC(C)(C)OC2[C@@H]1O)(CC)CC. The summed E-state index contributed by atoms with van der Waals surface area (Å²) >= 11 is 0. The molecule has 0 aliphatic carbocycles. The van der Waals surface area contributed by atoms with E-state index in [-0.39, 0.29) is 11.6 Å². The molecule has 0 spiro atoms. The van der Waals surface area contributed by atoms with E-state index in [1.54, 1.807) is 0 Å². The molecule has 2 aromatic carbocycles. The molecule has 4 atom stereocenters. The van der Waals surface area contributed by atoms with E-state index < -0.39 is 46.3 Å². The number of benzene rings is 2. The maximum atomic E-state index is 11.8. The molecule has 7 heteroatoms. The van der Waals surface area contributed by atoms with Crippen molar-refractivity contribution in [3.63, 3.8) is 0 Å². The first-order chi connectivity index (χ1) is 18.4. The highest BCUT2D eigenvalue weighted by molar-refractivity contribution is 6.99. The Kier molecular flexibility index (Phi) is 8.71. The van der Waals surface area contributed by atoms with Gasteiger partial charge in [0.05, 0.1) is 6.61 Å². The Labute approximate surface area is 237 Å². The van der Waals surface area contributed by atoms with Gasteiger partial charge in [0, 0.05) is 0 Å². The summed E-state index contributed by atoms with van der Waals surface area (Å²) in [6.07, 6.45) is -2.33. The summed E-state index contributed by atoms with van der Waals surface area (Å²) in [5.74, 6) is 2.67. The molecule has 39 heavy (non-hydrogen) atoms. The Bertz CT molecular complexity index is 1120. The predicted molar refractivity (Wildman–Crippen MR) is 162 cm³/mol. The average Bonchev–Trinajstić information content (AvgIpc) is 3.35. The number of hydrogen-bond donors (Lipinski definition) is 1. The Morgan fingerprint density at radius 1 is 0.846 bits per heavy atom. The molecule has 2 fully saturated rings. The topological polar surface area (TPSA) is 57.2 Å². The summed E-state index contributed by atoms with van der Waals surface area (Å²) in [6, 6.07) is 24.2. The number of rotatable bonds is 8. The van der Waals surface area contributed by atoms with Crippen molar-refractivity contribution in [1.82, 2.24) is 0 Å². The number of ether oxygens (including phenoxy) is 3. The van der Waals surface area contributed by atoms with Gasteiger partial charge in [0.25, 0.3) is 8.32 Å². The van der Waals surface area contributed by atoms with Gasteiger partial charge in [0.2, 0.25) is 0 Å². The van der Waals surface area contributed by atoms with Crippen LogP contribution in [0, 0.1) is 11.5 Å². The Balaban J connectivity index is 1.83. The summed E-state index contributed by atoms with van der Waals surface area (Å²) in [7, 11) is -4.73. The predicted octanol–water partition coefficient (Wildman–Crippen LogP) is 5.22. The lowest BCUT2D eigenvalue weighted by atomic mass is 9.97. The molecule has 1 N–H and O–H groups in total.